The molecule has 0 fully saturated rings. The second kappa shape index (κ2) is 8.60. The zero-order valence-corrected chi connectivity index (χ0v) is 18.1. The largest absolute Gasteiger partial charge is 0.359 e. The number of benzene rings is 2. The van der Waals surface area contributed by atoms with Crippen molar-refractivity contribution in [3.8, 4) is 22.4 Å². The molecule has 3 aromatic heterocycles. The SMILES string of the molecule is CNC(=O)Cc1cccc(-c2ccn3c(-c4cccc(Nc5nncs5)c4)cnc3c2)c1. The van der Waals surface area contributed by atoms with Crippen molar-refractivity contribution in [2.24, 2.45) is 0 Å². The summed E-state index contributed by atoms with van der Waals surface area (Å²) in [6.07, 6.45) is 4.27. The number of fused-ring (bicyclic) bond motifs is 1. The molecule has 2 aromatic carbocycles. The van der Waals surface area contributed by atoms with E-state index in [1.165, 1.54) is 11.3 Å². The van der Waals surface area contributed by atoms with Crippen molar-refractivity contribution in [3.63, 3.8) is 0 Å². The molecular weight excluding hydrogens is 420 g/mol. The number of imidazole rings is 1. The number of carbonyl (C=O) groups is 1. The minimum absolute atomic E-state index is 0.00153. The van der Waals surface area contributed by atoms with Crippen LogP contribution in [0.5, 0.6) is 0 Å². The number of anilines is 2. The van der Waals surface area contributed by atoms with Crippen LogP contribution in [-0.2, 0) is 11.2 Å². The van der Waals surface area contributed by atoms with Crippen molar-refractivity contribution in [1.29, 1.82) is 0 Å². The number of hydrogen-bond acceptors (Lipinski definition) is 6. The lowest BCUT2D eigenvalue weighted by Gasteiger charge is -2.08. The van der Waals surface area contributed by atoms with Gasteiger partial charge in [0.1, 0.15) is 11.2 Å². The zero-order valence-electron chi connectivity index (χ0n) is 17.3. The monoisotopic (exact) mass is 440 g/mol. The molecule has 0 saturated carbocycles. The Bertz CT molecular complexity index is 1390. The van der Waals surface area contributed by atoms with Crippen LogP contribution in [0.1, 0.15) is 5.56 Å². The van der Waals surface area contributed by atoms with Gasteiger partial charge in [0.2, 0.25) is 11.0 Å². The van der Waals surface area contributed by atoms with Crippen LogP contribution in [0.25, 0.3) is 28.0 Å². The molecule has 0 aliphatic rings. The third kappa shape index (κ3) is 4.08. The first-order chi connectivity index (χ1) is 15.7. The highest BCUT2D eigenvalue weighted by Gasteiger charge is 2.10. The normalized spacial score (nSPS) is 10.9. The highest BCUT2D eigenvalue weighted by Crippen LogP contribution is 2.28. The number of pyridine rings is 1. The molecule has 0 radical (unpaired) electrons. The second-order valence-electron chi connectivity index (χ2n) is 7.29. The van der Waals surface area contributed by atoms with E-state index in [9.17, 15) is 4.79 Å². The van der Waals surface area contributed by atoms with Crippen molar-refractivity contribution in [2.75, 3.05) is 12.4 Å². The molecule has 0 atom stereocenters. The molecule has 0 unspecified atom stereocenters. The van der Waals surface area contributed by atoms with Crippen LogP contribution in [0.3, 0.4) is 0 Å². The first kappa shape index (κ1) is 19.9. The summed E-state index contributed by atoms with van der Waals surface area (Å²) < 4.78 is 2.07. The Kier molecular flexibility index (Phi) is 5.35. The Morgan fingerprint density at radius 2 is 1.88 bits per heavy atom. The molecule has 1 amide bonds. The Labute approximate surface area is 188 Å². The summed E-state index contributed by atoms with van der Waals surface area (Å²) in [5, 5.41) is 14.6. The average Bonchev–Trinajstić information content (AvgIpc) is 3.49. The average molecular weight is 441 g/mol. The highest BCUT2D eigenvalue weighted by molar-refractivity contribution is 7.13. The van der Waals surface area contributed by atoms with Gasteiger partial charge in [0.25, 0.3) is 0 Å². The van der Waals surface area contributed by atoms with E-state index < -0.39 is 0 Å². The lowest BCUT2D eigenvalue weighted by molar-refractivity contribution is -0.119. The van der Waals surface area contributed by atoms with E-state index in [-0.39, 0.29) is 5.91 Å². The van der Waals surface area contributed by atoms with Crippen molar-refractivity contribution in [3.05, 3.63) is 84.1 Å². The fraction of sp³-hybridized carbons (Fsp3) is 0.0833. The minimum Gasteiger partial charge on any atom is -0.359 e. The molecule has 3 heterocycles. The Morgan fingerprint density at radius 1 is 1.03 bits per heavy atom. The molecule has 0 bridgehead atoms. The van der Waals surface area contributed by atoms with Gasteiger partial charge < -0.3 is 10.6 Å². The van der Waals surface area contributed by atoms with E-state index in [0.29, 0.717) is 6.42 Å². The Balaban J connectivity index is 1.45. The van der Waals surface area contributed by atoms with Crippen molar-refractivity contribution < 1.29 is 4.79 Å². The van der Waals surface area contributed by atoms with Gasteiger partial charge in [0.05, 0.1) is 18.3 Å². The van der Waals surface area contributed by atoms with E-state index >= 15 is 0 Å². The van der Waals surface area contributed by atoms with E-state index in [1.807, 2.05) is 48.8 Å². The van der Waals surface area contributed by atoms with Crippen molar-refractivity contribution in [2.45, 2.75) is 6.42 Å². The van der Waals surface area contributed by atoms with Gasteiger partial charge in [0, 0.05) is 24.5 Å². The smallest absolute Gasteiger partial charge is 0.224 e. The number of nitrogens with one attached hydrogen (secondary N) is 2. The molecule has 32 heavy (non-hydrogen) atoms. The lowest BCUT2D eigenvalue weighted by atomic mass is 10.0. The number of rotatable bonds is 6. The summed E-state index contributed by atoms with van der Waals surface area (Å²) >= 11 is 1.46. The van der Waals surface area contributed by atoms with Gasteiger partial charge in [-0.1, -0.05) is 47.7 Å². The molecule has 0 aliphatic heterocycles. The van der Waals surface area contributed by atoms with Gasteiger partial charge in [-0.3, -0.25) is 9.20 Å². The Morgan fingerprint density at radius 3 is 2.72 bits per heavy atom. The summed E-state index contributed by atoms with van der Waals surface area (Å²) in [4.78, 5) is 16.3. The van der Waals surface area contributed by atoms with Crippen LogP contribution < -0.4 is 10.6 Å². The van der Waals surface area contributed by atoms with E-state index in [1.54, 1.807) is 12.6 Å². The number of hydrogen-bond donors (Lipinski definition) is 2. The molecule has 7 nitrogen and oxygen atoms in total. The molecule has 158 valence electrons. The molecule has 0 saturated heterocycles. The van der Waals surface area contributed by atoms with Gasteiger partial charge in [-0.2, -0.15) is 0 Å². The zero-order chi connectivity index (χ0) is 21.9. The fourth-order valence-electron chi connectivity index (χ4n) is 3.62. The summed E-state index contributed by atoms with van der Waals surface area (Å²) in [6.45, 7) is 0. The number of amides is 1. The molecule has 0 spiro atoms. The Hall–Kier alpha value is -4.04. The van der Waals surface area contributed by atoms with Crippen LogP contribution in [-0.4, -0.2) is 32.5 Å². The third-order valence-electron chi connectivity index (χ3n) is 5.19. The first-order valence-corrected chi connectivity index (χ1v) is 11.0. The fourth-order valence-corrected chi connectivity index (χ4v) is 4.08. The summed E-state index contributed by atoms with van der Waals surface area (Å²) in [7, 11) is 1.65. The summed E-state index contributed by atoms with van der Waals surface area (Å²) in [5.41, 5.74) is 8.64. The topological polar surface area (TPSA) is 84.2 Å². The predicted molar refractivity (Wildman–Crippen MR) is 127 cm³/mol. The van der Waals surface area contributed by atoms with E-state index in [0.717, 1.165) is 44.4 Å². The highest BCUT2D eigenvalue weighted by atomic mass is 32.1. The van der Waals surface area contributed by atoms with Crippen molar-refractivity contribution >= 4 is 33.7 Å². The van der Waals surface area contributed by atoms with Crippen molar-refractivity contribution in [1.82, 2.24) is 24.9 Å². The quantitative estimate of drug-likeness (QED) is 0.405. The third-order valence-corrected chi connectivity index (χ3v) is 5.79. The van der Waals surface area contributed by atoms with Gasteiger partial charge in [-0.25, -0.2) is 4.98 Å². The molecule has 5 rings (SSSR count). The van der Waals surface area contributed by atoms with Crippen LogP contribution in [0, 0.1) is 0 Å². The lowest BCUT2D eigenvalue weighted by Crippen LogP contribution is -2.19. The molecule has 0 aliphatic carbocycles. The van der Waals surface area contributed by atoms with Gasteiger partial charge in [-0.15, -0.1) is 10.2 Å². The van der Waals surface area contributed by atoms with Gasteiger partial charge in [0.15, 0.2) is 0 Å². The van der Waals surface area contributed by atoms with E-state index in [4.69, 9.17) is 0 Å². The molecule has 2 N–H and O–H groups in total. The second-order valence-corrected chi connectivity index (χ2v) is 8.12. The first-order valence-electron chi connectivity index (χ1n) is 10.1. The molecule has 5 aromatic rings. The number of likely N-dealkylation sites (N-methyl/N-ethyl adjacent to an activating group) is 1. The van der Waals surface area contributed by atoms with Crippen LogP contribution in [0.15, 0.2) is 78.6 Å². The number of aromatic nitrogens is 4. The summed E-state index contributed by atoms with van der Waals surface area (Å²) in [6, 6.07) is 20.3. The van der Waals surface area contributed by atoms with Crippen LogP contribution in [0.2, 0.25) is 0 Å². The maximum absolute atomic E-state index is 11.7. The maximum atomic E-state index is 11.7. The summed E-state index contributed by atoms with van der Waals surface area (Å²) in [5.74, 6) is -0.00153. The number of carbonyl (C=O) groups excluding carboxylic acids is 1. The number of nitrogens with zero attached hydrogens (tertiary/aromatic N) is 4. The van der Waals surface area contributed by atoms with Gasteiger partial charge >= 0.3 is 0 Å². The van der Waals surface area contributed by atoms with Gasteiger partial charge in [-0.05, 0) is 41.0 Å². The maximum Gasteiger partial charge on any atom is 0.224 e. The predicted octanol–water partition coefficient (Wildman–Crippen LogP) is 4.55. The molecular formula is C24H20N6OS. The standard InChI is InChI=1S/C24H20N6OS/c1-25-23(31)11-16-4-2-5-17(10-16)18-8-9-30-21(14-26-22(30)13-18)19-6-3-7-20(12-19)28-24-29-27-15-32-24/h2-10,12-15H,11H2,1H3,(H,25,31)(H,28,29). The minimum atomic E-state index is -0.00153. The molecule has 8 heteroatoms. The van der Waals surface area contributed by atoms with Crippen LogP contribution >= 0.6 is 11.3 Å². The van der Waals surface area contributed by atoms with E-state index in [2.05, 4.69) is 54.5 Å². The van der Waals surface area contributed by atoms with Crippen LogP contribution in [0.4, 0.5) is 10.8 Å².